The Morgan fingerprint density at radius 3 is 2.62 bits per heavy atom. The first-order chi connectivity index (χ1) is 9.97. The summed E-state index contributed by atoms with van der Waals surface area (Å²) in [5, 5.41) is 0. The molecule has 0 bridgehead atoms. The molecule has 1 aromatic carbocycles. The lowest BCUT2D eigenvalue weighted by molar-refractivity contribution is -0.138. The van der Waals surface area contributed by atoms with Crippen LogP contribution in [0, 0.1) is 11.7 Å². The number of hydrogen-bond donors (Lipinski definition) is 0. The minimum atomic E-state index is -0.241. The van der Waals surface area contributed by atoms with Gasteiger partial charge in [-0.2, -0.15) is 0 Å². The second-order valence-corrected chi connectivity index (χ2v) is 6.13. The molecule has 3 nitrogen and oxygen atoms in total. The summed E-state index contributed by atoms with van der Waals surface area (Å²) in [4.78, 5) is 14.4. The summed E-state index contributed by atoms with van der Waals surface area (Å²) in [6.45, 7) is 8.12. The van der Waals surface area contributed by atoms with E-state index in [1.165, 1.54) is 12.1 Å². The Hall–Kier alpha value is -1.42. The summed E-state index contributed by atoms with van der Waals surface area (Å²) < 4.78 is 18.5. The molecule has 1 aliphatic rings. The summed E-state index contributed by atoms with van der Waals surface area (Å²) in [6, 6.07) is 6.50. The van der Waals surface area contributed by atoms with Gasteiger partial charge in [0.15, 0.2) is 0 Å². The highest BCUT2D eigenvalue weighted by molar-refractivity contribution is 5.77. The second kappa shape index (κ2) is 7.03. The van der Waals surface area contributed by atoms with Crippen molar-refractivity contribution < 1.29 is 13.9 Å². The van der Waals surface area contributed by atoms with Crippen LogP contribution in [0.4, 0.5) is 4.39 Å². The van der Waals surface area contributed by atoms with Crippen LogP contribution in [0.15, 0.2) is 24.3 Å². The maximum absolute atomic E-state index is 13.1. The highest BCUT2D eigenvalue weighted by Gasteiger charge is 2.26. The van der Waals surface area contributed by atoms with Crippen LogP contribution in [-0.2, 0) is 9.53 Å². The van der Waals surface area contributed by atoms with E-state index in [0.717, 1.165) is 5.56 Å². The average Bonchev–Trinajstić information content (AvgIpc) is 2.45. The zero-order chi connectivity index (χ0) is 15.4. The molecule has 0 N–H and O–H groups in total. The van der Waals surface area contributed by atoms with E-state index in [9.17, 15) is 9.18 Å². The number of carbonyl (C=O) groups is 1. The number of benzene rings is 1. The Bertz CT molecular complexity index is 472. The fourth-order valence-electron chi connectivity index (χ4n) is 2.81. The molecule has 0 aliphatic carbocycles. The first-order valence-corrected chi connectivity index (χ1v) is 7.62. The van der Waals surface area contributed by atoms with Gasteiger partial charge in [-0.05, 0) is 36.5 Å². The van der Waals surface area contributed by atoms with E-state index in [2.05, 4.69) is 13.8 Å². The lowest BCUT2D eigenvalue weighted by Crippen LogP contribution is -2.45. The Labute approximate surface area is 126 Å². The largest absolute Gasteiger partial charge is 0.375 e. The Morgan fingerprint density at radius 1 is 1.38 bits per heavy atom. The fraction of sp³-hybridized carbons (Fsp3) is 0.588. The van der Waals surface area contributed by atoms with Crippen LogP contribution >= 0.6 is 0 Å². The number of hydrogen-bond acceptors (Lipinski definition) is 2. The monoisotopic (exact) mass is 293 g/mol. The highest BCUT2D eigenvalue weighted by atomic mass is 19.1. The van der Waals surface area contributed by atoms with Crippen LogP contribution < -0.4 is 0 Å². The van der Waals surface area contributed by atoms with Gasteiger partial charge in [-0.15, -0.1) is 0 Å². The van der Waals surface area contributed by atoms with Gasteiger partial charge in [0.1, 0.15) is 5.82 Å². The van der Waals surface area contributed by atoms with Gasteiger partial charge in [0.2, 0.25) is 5.91 Å². The van der Waals surface area contributed by atoms with Crippen molar-refractivity contribution in [3.63, 3.8) is 0 Å². The molecule has 0 aromatic heterocycles. The normalized spacial score (nSPS) is 20.6. The van der Waals surface area contributed by atoms with Crippen molar-refractivity contribution >= 4 is 5.91 Å². The first-order valence-electron chi connectivity index (χ1n) is 7.62. The van der Waals surface area contributed by atoms with Gasteiger partial charge in [0.25, 0.3) is 0 Å². The lowest BCUT2D eigenvalue weighted by atomic mass is 9.85. The third-order valence-corrected chi connectivity index (χ3v) is 4.09. The molecule has 1 fully saturated rings. The number of amides is 1. The number of rotatable bonds is 4. The lowest BCUT2D eigenvalue weighted by Gasteiger charge is -2.33. The molecular formula is C17H24FNO2. The third-order valence-electron chi connectivity index (χ3n) is 4.09. The smallest absolute Gasteiger partial charge is 0.223 e. The minimum Gasteiger partial charge on any atom is -0.375 e. The summed E-state index contributed by atoms with van der Waals surface area (Å²) in [7, 11) is 0. The maximum atomic E-state index is 13.1. The van der Waals surface area contributed by atoms with E-state index in [0.29, 0.717) is 32.0 Å². The van der Waals surface area contributed by atoms with Crippen LogP contribution in [0.1, 0.15) is 38.7 Å². The summed E-state index contributed by atoms with van der Waals surface area (Å²) in [5.74, 6) is 0.372. The molecule has 0 radical (unpaired) electrons. The molecule has 0 saturated carbocycles. The van der Waals surface area contributed by atoms with E-state index >= 15 is 0 Å². The van der Waals surface area contributed by atoms with Crippen molar-refractivity contribution in [3.05, 3.63) is 35.6 Å². The van der Waals surface area contributed by atoms with E-state index in [1.807, 2.05) is 11.8 Å². The van der Waals surface area contributed by atoms with E-state index < -0.39 is 0 Å². The molecule has 1 aliphatic heterocycles. The molecule has 4 heteroatoms. The van der Waals surface area contributed by atoms with Gasteiger partial charge in [-0.25, -0.2) is 4.39 Å². The molecule has 2 atom stereocenters. The number of morpholine rings is 1. The Morgan fingerprint density at radius 2 is 2.05 bits per heavy atom. The second-order valence-electron chi connectivity index (χ2n) is 6.13. The van der Waals surface area contributed by atoms with Crippen molar-refractivity contribution in [2.75, 3.05) is 19.7 Å². The maximum Gasteiger partial charge on any atom is 0.223 e. The predicted molar refractivity (Wildman–Crippen MR) is 80.6 cm³/mol. The number of nitrogens with zero attached hydrogens (tertiary/aromatic N) is 1. The minimum absolute atomic E-state index is 0.103. The molecule has 1 aromatic rings. The molecule has 1 amide bonds. The number of carbonyl (C=O) groups excluding carboxylic acids is 1. The molecule has 0 spiro atoms. The van der Waals surface area contributed by atoms with Gasteiger partial charge >= 0.3 is 0 Å². The van der Waals surface area contributed by atoms with Crippen molar-refractivity contribution in [3.8, 4) is 0 Å². The molecule has 116 valence electrons. The summed E-state index contributed by atoms with van der Waals surface area (Å²) in [6.07, 6.45) is 0.571. The summed E-state index contributed by atoms with van der Waals surface area (Å²) in [5.41, 5.74) is 1.03. The van der Waals surface area contributed by atoms with E-state index in [4.69, 9.17) is 4.74 Å². The van der Waals surface area contributed by atoms with Crippen LogP contribution in [0.25, 0.3) is 0 Å². The zero-order valence-corrected chi connectivity index (χ0v) is 13.0. The molecular weight excluding hydrogens is 269 g/mol. The average molecular weight is 293 g/mol. The van der Waals surface area contributed by atoms with Gasteiger partial charge in [0.05, 0.1) is 12.7 Å². The zero-order valence-electron chi connectivity index (χ0n) is 13.0. The van der Waals surface area contributed by atoms with Crippen molar-refractivity contribution in [2.24, 2.45) is 5.92 Å². The van der Waals surface area contributed by atoms with Gasteiger partial charge < -0.3 is 9.64 Å². The molecule has 1 saturated heterocycles. The Balaban J connectivity index is 2.05. The fourth-order valence-corrected chi connectivity index (χ4v) is 2.81. The first kappa shape index (κ1) is 16.0. The predicted octanol–water partition coefficient (Wildman–Crippen LogP) is 3.20. The van der Waals surface area contributed by atoms with E-state index in [-0.39, 0.29) is 23.7 Å². The van der Waals surface area contributed by atoms with Crippen LogP contribution in [-0.4, -0.2) is 36.6 Å². The molecule has 2 rings (SSSR count). The van der Waals surface area contributed by atoms with Crippen LogP contribution in [0.2, 0.25) is 0 Å². The standard InChI is InChI=1S/C17H24FNO2/c1-12(2)16(14-4-6-15(18)7-5-14)10-17(20)19-8-9-21-13(3)11-19/h4-7,12-13,16H,8-11H2,1-3H3. The molecule has 21 heavy (non-hydrogen) atoms. The van der Waals surface area contributed by atoms with Gasteiger partial charge in [-0.1, -0.05) is 26.0 Å². The SMILES string of the molecule is CC1CN(C(=O)CC(c2ccc(F)cc2)C(C)C)CCO1. The van der Waals surface area contributed by atoms with E-state index in [1.54, 1.807) is 12.1 Å². The highest BCUT2D eigenvalue weighted by Crippen LogP contribution is 2.29. The number of halogens is 1. The number of ether oxygens (including phenoxy) is 1. The van der Waals surface area contributed by atoms with Gasteiger partial charge in [0, 0.05) is 19.5 Å². The molecule has 2 unspecified atom stereocenters. The van der Waals surface area contributed by atoms with Crippen LogP contribution in [0.3, 0.4) is 0 Å². The summed E-state index contributed by atoms with van der Waals surface area (Å²) >= 11 is 0. The van der Waals surface area contributed by atoms with Crippen LogP contribution in [0.5, 0.6) is 0 Å². The molecule has 1 heterocycles. The topological polar surface area (TPSA) is 29.5 Å². The van der Waals surface area contributed by atoms with Crippen molar-refractivity contribution in [1.29, 1.82) is 0 Å². The quantitative estimate of drug-likeness (QED) is 0.853. The van der Waals surface area contributed by atoms with Crippen molar-refractivity contribution in [2.45, 2.75) is 39.2 Å². The van der Waals surface area contributed by atoms with Crippen molar-refractivity contribution in [1.82, 2.24) is 4.90 Å². The van der Waals surface area contributed by atoms with Gasteiger partial charge in [-0.3, -0.25) is 4.79 Å². The third kappa shape index (κ3) is 4.27. The Kier molecular flexibility index (Phi) is 5.34.